The Labute approximate surface area is 136 Å². The Morgan fingerprint density at radius 2 is 2.22 bits per heavy atom. The third kappa shape index (κ3) is 3.62. The minimum atomic E-state index is -0.0690. The predicted molar refractivity (Wildman–Crippen MR) is 90.1 cm³/mol. The van der Waals surface area contributed by atoms with Crippen molar-refractivity contribution in [3.05, 3.63) is 48.3 Å². The molecule has 1 aromatic carbocycles. The van der Waals surface area contributed by atoms with E-state index in [-0.39, 0.29) is 18.0 Å². The van der Waals surface area contributed by atoms with Crippen molar-refractivity contribution < 1.29 is 4.79 Å². The molecule has 1 aliphatic rings. The molecule has 3 atom stereocenters. The lowest BCUT2D eigenvalue weighted by atomic mass is 9.99. The van der Waals surface area contributed by atoms with Crippen molar-refractivity contribution in [1.29, 1.82) is 0 Å². The molecule has 1 heterocycles. The van der Waals surface area contributed by atoms with Crippen LogP contribution in [0.2, 0.25) is 0 Å². The third-order valence-corrected chi connectivity index (χ3v) is 4.70. The summed E-state index contributed by atoms with van der Waals surface area (Å²) in [6, 6.07) is 10.0. The lowest BCUT2D eigenvalue weighted by Crippen LogP contribution is -2.33. The molecule has 1 aliphatic carbocycles. The minimum absolute atomic E-state index is 0.0690. The number of carbonyl (C=O) groups is 1. The molecule has 23 heavy (non-hydrogen) atoms. The summed E-state index contributed by atoms with van der Waals surface area (Å²) in [6.45, 7) is 2.01. The van der Waals surface area contributed by atoms with Crippen LogP contribution in [-0.2, 0) is 4.79 Å². The molecule has 0 radical (unpaired) electrons. The van der Waals surface area contributed by atoms with Crippen LogP contribution in [0.15, 0.2) is 42.7 Å². The van der Waals surface area contributed by atoms with E-state index in [1.165, 1.54) is 0 Å². The van der Waals surface area contributed by atoms with Gasteiger partial charge in [0.05, 0.1) is 11.7 Å². The van der Waals surface area contributed by atoms with Crippen molar-refractivity contribution in [2.75, 3.05) is 0 Å². The zero-order valence-corrected chi connectivity index (χ0v) is 13.5. The van der Waals surface area contributed by atoms with E-state index >= 15 is 0 Å². The van der Waals surface area contributed by atoms with E-state index < -0.39 is 0 Å². The molecule has 0 saturated heterocycles. The van der Waals surface area contributed by atoms with Gasteiger partial charge >= 0.3 is 0 Å². The van der Waals surface area contributed by atoms with Gasteiger partial charge in [-0.1, -0.05) is 24.6 Å². The van der Waals surface area contributed by atoms with Gasteiger partial charge in [0.15, 0.2) is 0 Å². The van der Waals surface area contributed by atoms with E-state index in [9.17, 15) is 4.79 Å². The number of nitrogens with one attached hydrogen (secondary N) is 1. The normalized spacial score (nSPS) is 22.0. The summed E-state index contributed by atoms with van der Waals surface area (Å²) in [5.74, 6) is 0.402. The summed E-state index contributed by atoms with van der Waals surface area (Å²) in [5, 5.41) is 7.40. The van der Waals surface area contributed by atoms with Gasteiger partial charge < -0.3 is 11.1 Å². The van der Waals surface area contributed by atoms with Gasteiger partial charge in [-0.2, -0.15) is 5.10 Å². The monoisotopic (exact) mass is 312 g/mol. The smallest absolute Gasteiger partial charge is 0.220 e. The highest BCUT2D eigenvalue weighted by Gasteiger charge is 2.26. The zero-order valence-electron chi connectivity index (χ0n) is 13.5. The number of para-hydroxylation sites is 1. The van der Waals surface area contributed by atoms with Crippen LogP contribution in [-0.4, -0.2) is 21.7 Å². The second-order valence-corrected chi connectivity index (χ2v) is 6.36. The highest BCUT2D eigenvalue weighted by atomic mass is 16.1. The molecular weight excluding hydrogens is 288 g/mol. The molecule has 2 aromatic rings. The first-order valence-corrected chi connectivity index (χ1v) is 8.29. The van der Waals surface area contributed by atoms with Gasteiger partial charge in [0.1, 0.15) is 0 Å². The number of rotatable bonds is 5. The van der Waals surface area contributed by atoms with Crippen LogP contribution < -0.4 is 11.1 Å². The van der Waals surface area contributed by atoms with Gasteiger partial charge in [-0.05, 0) is 43.4 Å². The van der Waals surface area contributed by atoms with Crippen LogP contribution in [0.1, 0.15) is 44.2 Å². The van der Waals surface area contributed by atoms with Gasteiger partial charge in [0.25, 0.3) is 0 Å². The fourth-order valence-electron chi connectivity index (χ4n) is 3.41. The first kappa shape index (κ1) is 15.7. The topological polar surface area (TPSA) is 72.9 Å². The third-order valence-electron chi connectivity index (χ3n) is 4.70. The maximum absolute atomic E-state index is 12.3. The van der Waals surface area contributed by atoms with E-state index in [4.69, 9.17) is 5.73 Å². The Balaban J connectivity index is 1.69. The summed E-state index contributed by atoms with van der Waals surface area (Å²) >= 11 is 0. The maximum atomic E-state index is 12.3. The maximum Gasteiger partial charge on any atom is 0.220 e. The molecule has 0 aliphatic heterocycles. The van der Waals surface area contributed by atoms with Crippen LogP contribution in [0.5, 0.6) is 0 Å². The molecule has 1 aromatic heterocycles. The number of aromatic nitrogens is 2. The molecule has 1 saturated carbocycles. The van der Waals surface area contributed by atoms with E-state index in [1.807, 2.05) is 48.1 Å². The van der Waals surface area contributed by atoms with Crippen molar-refractivity contribution in [1.82, 2.24) is 15.1 Å². The Hall–Kier alpha value is -2.14. The first-order valence-electron chi connectivity index (χ1n) is 8.29. The molecule has 1 amide bonds. The highest BCUT2D eigenvalue weighted by Crippen LogP contribution is 2.27. The summed E-state index contributed by atoms with van der Waals surface area (Å²) in [5.41, 5.74) is 8.11. The van der Waals surface area contributed by atoms with Gasteiger partial charge in [-0.15, -0.1) is 0 Å². The van der Waals surface area contributed by atoms with Crippen molar-refractivity contribution in [2.24, 2.45) is 11.7 Å². The molecule has 1 unspecified atom stereocenters. The SMILES string of the molecule is CC(NC(=O)C[C@@H]1CCC[C@H]1N)c1ccccc1-n1cccn1. The van der Waals surface area contributed by atoms with E-state index in [0.29, 0.717) is 12.3 Å². The lowest BCUT2D eigenvalue weighted by molar-refractivity contribution is -0.122. The number of benzene rings is 1. The molecule has 0 bridgehead atoms. The number of hydrogen-bond acceptors (Lipinski definition) is 3. The van der Waals surface area contributed by atoms with Crippen molar-refractivity contribution >= 4 is 5.91 Å². The molecular formula is C18H24N4O. The van der Waals surface area contributed by atoms with Crippen molar-refractivity contribution in [3.63, 3.8) is 0 Å². The first-order chi connectivity index (χ1) is 11.1. The standard InChI is InChI=1S/C18H24N4O/c1-13(21-18(23)12-14-6-4-8-16(14)19)15-7-2-3-9-17(15)22-11-5-10-20-22/h2-3,5,7,9-11,13-14,16H,4,6,8,12,19H2,1H3,(H,21,23)/t13?,14-,16+/m0/s1. The van der Waals surface area contributed by atoms with Gasteiger partial charge in [-0.25, -0.2) is 4.68 Å². The fourth-order valence-corrected chi connectivity index (χ4v) is 3.41. The average molecular weight is 312 g/mol. The molecule has 3 rings (SSSR count). The molecule has 1 fully saturated rings. The molecule has 122 valence electrons. The van der Waals surface area contributed by atoms with Crippen LogP contribution in [0.4, 0.5) is 0 Å². The summed E-state index contributed by atoms with van der Waals surface area (Å²) in [6.07, 6.45) is 7.42. The van der Waals surface area contributed by atoms with Gasteiger partial charge in [0.2, 0.25) is 5.91 Å². The van der Waals surface area contributed by atoms with E-state index in [0.717, 1.165) is 30.5 Å². The van der Waals surface area contributed by atoms with Gasteiger partial charge in [-0.3, -0.25) is 4.79 Å². The quantitative estimate of drug-likeness (QED) is 0.891. The second kappa shape index (κ2) is 6.96. The highest BCUT2D eigenvalue weighted by molar-refractivity contribution is 5.77. The largest absolute Gasteiger partial charge is 0.349 e. The lowest BCUT2D eigenvalue weighted by Gasteiger charge is -2.20. The minimum Gasteiger partial charge on any atom is -0.349 e. The fraction of sp³-hybridized carbons (Fsp3) is 0.444. The zero-order chi connectivity index (χ0) is 16.2. The van der Waals surface area contributed by atoms with E-state index in [1.54, 1.807) is 6.20 Å². The Morgan fingerprint density at radius 1 is 1.39 bits per heavy atom. The molecule has 5 nitrogen and oxygen atoms in total. The second-order valence-electron chi connectivity index (χ2n) is 6.36. The number of amides is 1. The van der Waals surface area contributed by atoms with Crippen LogP contribution in [0, 0.1) is 5.92 Å². The van der Waals surface area contributed by atoms with Crippen molar-refractivity contribution in [3.8, 4) is 5.69 Å². The number of nitrogens with two attached hydrogens (primary N) is 1. The molecule has 0 spiro atoms. The number of nitrogens with zero attached hydrogens (tertiary/aromatic N) is 2. The van der Waals surface area contributed by atoms with Crippen LogP contribution in [0.3, 0.4) is 0 Å². The predicted octanol–water partition coefficient (Wildman–Crippen LogP) is 2.57. The summed E-state index contributed by atoms with van der Waals surface area (Å²) < 4.78 is 1.82. The Kier molecular flexibility index (Phi) is 4.76. The Bertz CT molecular complexity index is 653. The summed E-state index contributed by atoms with van der Waals surface area (Å²) in [7, 11) is 0. The number of carbonyl (C=O) groups excluding carboxylic acids is 1. The summed E-state index contributed by atoms with van der Waals surface area (Å²) in [4.78, 5) is 12.3. The van der Waals surface area contributed by atoms with Gasteiger partial charge in [0, 0.05) is 24.9 Å². The van der Waals surface area contributed by atoms with Crippen molar-refractivity contribution in [2.45, 2.75) is 44.7 Å². The van der Waals surface area contributed by atoms with E-state index in [2.05, 4.69) is 10.4 Å². The Morgan fingerprint density at radius 3 is 2.91 bits per heavy atom. The number of hydrogen-bond donors (Lipinski definition) is 2. The average Bonchev–Trinajstić information content (AvgIpc) is 3.20. The van der Waals surface area contributed by atoms with Crippen LogP contribution >= 0.6 is 0 Å². The molecule has 3 N–H and O–H groups in total. The molecule has 5 heteroatoms. The van der Waals surface area contributed by atoms with Crippen LogP contribution in [0.25, 0.3) is 5.69 Å².